The number of anilines is 1. The molecule has 1 aromatic rings. The van der Waals surface area contributed by atoms with Gasteiger partial charge in [-0.3, -0.25) is 4.79 Å². The number of fused-ring (bicyclic) bond motifs is 1. The van der Waals surface area contributed by atoms with Gasteiger partial charge in [-0.2, -0.15) is 8.73 Å². The number of carbonyl (C=O) groups is 1. The number of carbonyl (C=O) groups excluding carboxylic acids is 1. The molecule has 0 spiro atoms. The van der Waals surface area contributed by atoms with Crippen LogP contribution in [0.2, 0.25) is 10.0 Å². The van der Waals surface area contributed by atoms with Gasteiger partial charge in [-0.1, -0.05) is 29.6 Å². The van der Waals surface area contributed by atoms with Gasteiger partial charge in [-0.15, -0.1) is 0 Å². The molecule has 5 nitrogen and oxygen atoms in total. The molecule has 1 atom stereocenters. The summed E-state index contributed by atoms with van der Waals surface area (Å²) in [7, 11) is 0. The quantitative estimate of drug-likeness (QED) is 0.879. The minimum Gasteiger partial charge on any atom is -0.322 e. The highest BCUT2D eigenvalue weighted by Gasteiger charge is 2.25. The summed E-state index contributed by atoms with van der Waals surface area (Å²) in [6.07, 6.45) is 2.98. The van der Waals surface area contributed by atoms with Crippen molar-refractivity contribution in [1.29, 1.82) is 0 Å². The zero-order valence-corrected chi connectivity index (χ0v) is 12.8. The van der Waals surface area contributed by atoms with Crippen LogP contribution < -0.4 is 10.6 Å². The van der Waals surface area contributed by atoms with Crippen molar-refractivity contribution in [3.8, 4) is 0 Å². The van der Waals surface area contributed by atoms with E-state index < -0.39 is 0 Å². The van der Waals surface area contributed by atoms with Crippen LogP contribution in [0.1, 0.15) is 19.3 Å². The fourth-order valence-electron chi connectivity index (χ4n) is 2.28. The predicted octanol–water partition coefficient (Wildman–Crippen LogP) is 3.80. The first-order valence-electron chi connectivity index (χ1n) is 6.31. The van der Waals surface area contributed by atoms with E-state index in [1.165, 1.54) is 0 Å². The number of hydrogen-bond donors (Lipinski definition) is 2. The van der Waals surface area contributed by atoms with Gasteiger partial charge in [-0.05, 0) is 25.5 Å². The van der Waals surface area contributed by atoms with Crippen molar-refractivity contribution in [2.75, 3.05) is 11.9 Å². The zero-order valence-electron chi connectivity index (χ0n) is 10.4. The number of amides is 1. The monoisotopic (exact) mass is 330 g/mol. The van der Waals surface area contributed by atoms with E-state index in [0.29, 0.717) is 27.1 Å². The van der Waals surface area contributed by atoms with Gasteiger partial charge < -0.3 is 10.6 Å². The van der Waals surface area contributed by atoms with E-state index in [9.17, 15) is 4.79 Å². The minimum atomic E-state index is -0.183. The molecule has 0 aliphatic carbocycles. The number of piperidine rings is 1. The van der Waals surface area contributed by atoms with Crippen molar-refractivity contribution in [2.24, 2.45) is 8.73 Å². The van der Waals surface area contributed by atoms with E-state index in [2.05, 4.69) is 19.4 Å². The lowest BCUT2D eigenvalue weighted by Crippen LogP contribution is -2.43. The van der Waals surface area contributed by atoms with Crippen molar-refractivity contribution in [3.63, 3.8) is 0 Å². The smallest absolute Gasteiger partial charge is 0.241 e. The summed E-state index contributed by atoms with van der Waals surface area (Å²) in [6, 6.07) is 1.40. The molecule has 0 unspecified atom stereocenters. The topological polar surface area (TPSA) is 65.8 Å². The molecule has 1 amide bonds. The maximum atomic E-state index is 12.3. The molecular weight excluding hydrogens is 319 g/mol. The van der Waals surface area contributed by atoms with Crippen LogP contribution in [0.4, 0.5) is 17.1 Å². The Bertz CT molecular complexity index is 637. The first-order valence-corrected chi connectivity index (χ1v) is 7.80. The lowest BCUT2D eigenvalue weighted by molar-refractivity contribution is -0.118. The molecule has 1 fully saturated rings. The normalized spacial score (nSPS) is 20.4. The molecular formula is C12H12Cl2N4OS. The van der Waals surface area contributed by atoms with Crippen LogP contribution in [0.25, 0.3) is 0 Å². The van der Waals surface area contributed by atoms with Crippen molar-refractivity contribution in [2.45, 2.75) is 25.3 Å². The average molecular weight is 331 g/mol. The SMILES string of the molecule is O=C(Nc1c(Cl)cc(Cl)c2c1N=S=N2)[C@@H]1CCCCN1. The maximum Gasteiger partial charge on any atom is 0.241 e. The summed E-state index contributed by atoms with van der Waals surface area (Å²) < 4.78 is 8.28. The summed E-state index contributed by atoms with van der Waals surface area (Å²) in [5.74, 6) is -0.0942. The molecule has 0 saturated carbocycles. The number of halogens is 2. The molecule has 0 bridgehead atoms. The van der Waals surface area contributed by atoms with Crippen LogP contribution >= 0.6 is 23.2 Å². The average Bonchev–Trinajstić information content (AvgIpc) is 2.94. The molecule has 2 N–H and O–H groups in total. The van der Waals surface area contributed by atoms with Gasteiger partial charge in [0.2, 0.25) is 5.91 Å². The fourth-order valence-corrected chi connectivity index (χ4v) is 3.44. The molecule has 8 heteroatoms. The molecule has 1 aromatic carbocycles. The molecule has 2 aliphatic rings. The summed E-state index contributed by atoms with van der Waals surface area (Å²) in [5.41, 5.74) is 1.59. The third kappa shape index (κ3) is 2.61. The Labute approximate surface area is 129 Å². The number of hydrogen-bond acceptors (Lipinski definition) is 4. The highest BCUT2D eigenvalue weighted by atomic mass is 35.5. The van der Waals surface area contributed by atoms with E-state index in [1.807, 2.05) is 0 Å². The highest BCUT2D eigenvalue weighted by molar-refractivity contribution is 7.58. The molecule has 0 aromatic heterocycles. The highest BCUT2D eigenvalue weighted by Crippen LogP contribution is 2.47. The Morgan fingerprint density at radius 2 is 2.10 bits per heavy atom. The molecule has 1 saturated heterocycles. The van der Waals surface area contributed by atoms with Crippen LogP contribution in [0.3, 0.4) is 0 Å². The first-order chi connectivity index (χ1) is 9.66. The predicted molar refractivity (Wildman–Crippen MR) is 82.3 cm³/mol. The van der Waals surface area contributed by atoms with Crippen molar-refractivity contribution in [1.82, 2.24) is 5.32 Å². The molecule has 20 heavy (non-hydrogen) atoms. The number of benzene rings is 1. The fraction of sp³-hybridized carbons (Fsp3) is 0.417. The largest absolute Gasteiger partial charge is 0.322 e. The van der Waals surface area contributed by atoms with Gasteiger partial charge in [0.1, 0.15) is 11.4 Å². The van der Waals surface area contributed by atoms with Crippen LogP contribution in [-0.4, -0.2) is 18.5 Å². The van der Waals surface area contributed by atoms with Gasteiger partial charge in [-0.25, -0.2) is 0 Å². The number of nitrogens with one attached hydrogen (secondary N) is 2. The van der Waals surface area contributed by atoms with E-state index in [-0.39, 0.29) is 11.9 Å². The van der Waals surface area contributed by atoms with Crippen LogP contribution in [0.5, 0.6) is 0 Å². The second-order valence-electron chi connectivity index (χ2n) is 4.67. The van der Waals surface area contributed by atoms with E-state index in [0.717, 1.165) is 37.2 Å². The van der Waals surface area contributed by atoms with Crippen molar-refractivity contribution in [3.05, 3.63) is 16.1 Å². The Hall–Kier alpha value is -0.950. The van der Waals surface area contributed by atoms with Gasteiger partial charge in [0, 0.05) is 0 Å². The summed E-state index contributed by atoms with van der Waals surface area (Å²) >= 11 is 13.3. The lowest BCUT2D eigenvalue weighted by Gasteiger charge is -2.23. The third-order valence-corrected chi connectivity index (χ3v) is 4.43. The Morgan fingerprint density at radius 1 is 1.30 bits per heavy atom. The molecule has 2 heterocycles. The summed E-state index contributed by atoms with van der Waals surface area (Å²) in [6.45, 7) is 0.861. The van der Waals surface area contributed by atoms with Crippen LogP contribution in [0, 0.1) is 0 Å². The maximum absolute atomic E-state index is 12.3. The van der Waals surface area contributed by atoms with Gasteiger partial charge in [0.25, 0.3) is 0 Å². The minimum absolute atomic E-state index is 0.0942. The second kappa shape index (κ2) is 5.81. The Kier molecular flexibility index (Phi) is 4.07. The van der Waals surface area contributed by atoms with Gasteiger partial charge in [0.05, 0.1) is 33.1 Å². The van der Waals surface area contributed by atoms with Crippen molar-refractivity contribution < 1.29 is 4.79 Å². The third-order valence-electron chi connectivity index (χ3n) is 3.32. The molecule has 106 valence electrons. The number of rotatable bonds is 2. The Balaban J connectivity index is 1.86. The van der Waals surface area contributed by atoms with Crippen LogP contribution in [-0.2, 0) is 16.1 Å². The van der Waals surface area contributed by atoms with E-state index in [1.54, 1.807) is 6.07 Å². The Morgan fingerprint density at radius 3 is 2.85 bits per heavy atom. The van der Waals surface area contributed by atoms with E-state index in [4.69, 9.17) is 23.2 Å². The standard InChI is InChI=1S/C12H12Cl2N4OS/c13-6-5-7(14)10-11(18-20-17-10)9(6)16-12(19)8-3-1-2-4-15-8/h5,8,15H,1-4H2,(H,16,19)/t8-/m0/s1. The molecule has 0 radical (unpaired) electrons. The second-order valence-corrected chi connectivity index (χ2v) is 6.01. The van der Waals surface area contributed by atoms with Crippen molar-refractivity contribution >= 4 is 57.5 Å². The molecule has 3 rings (SSSR count). The lowest BCUT2D eigenvalue weighted by atomic mass is 10.0. The molecule has 2 aliphatic heterocycles. The summed E-state index contributed by atoms with van der Waals surface area (Å²) in [5, 5.41) is 6.86. The zero-order chi connectivity index (χ0) is 14.1. The van der Waals surface area contributed by atoms with Gasteiger partial charge in [0.15, 0.2) is 0 Å². The van der Waals surface area contributed by atoms with Gasteiger partial charge >= 0.3 is 0 Å². The van der Waals surface area contributed by atoms with Crippen LogP contribution in [0.15, 0.2) is 14.8 Å². The first kappa shape index (κ1) is 14.0. The number of nitrogens with zero attached hydrogens (tertiary/aromatic N) is 2. The van der Waals surface area contributed by atoms with E-state index >= 15 is 0 Å². The summed E-state index contributed by atoms with van der Waals surface area (Å²) in [4.78, 5) is 12.3.